The maximum absolute atomic E-state index is 5.46. The van der Waals surface area contributed by atoms with Crippen LogP contribution in [-0.4, -0.2) is 26.2 Å². The second-order valence-corrected chi connectivity index (χ2v) is 5.07. The van der Waals surface area contributed by atoms with Crippen LogP contribution in [0.4, 0.5) is 0 Å². The Labute approximate surface area is 140 Å². The zero-order chi connectivity index (χ0) is 13.3. The molecule has 0 radical (unpaired) electrons. The molecule has 0 amide bonds. The summed E-state index contributed by atoms with van der Waals surface area (Å²) in [6, 6.07) is 8.28. The third-order valence-electron chi connectivity index (χ3n) is 3.51. The lowest BCUT2D eigenvalue weighted by atomic mass is 9.98. The van der Waals surface area contributed by atoms with Crippen LogP contribution in [0.25, 0.3) is 0 Å². The highest BCUT2D eigenvalue weighted by Gasteiger charge is 2.11. The van der Waals surface area contributed by atoms with E-state index in [0.29, 0.717) is 6.61 Å². The van der Waals surface area contributed by atoms with Gasteiger partial charge in [0.15, 0.2) is 0 Å². The van der Waals surface area contributed by atoms with E-state index in [1.807, 2.05) is 12.1 Å². The molecule has 1 aliphatic rings. The second kappa shape index (κ2) is 11.9. The van der Waals surface area contributed by atoms with E-state index in [4.69, 9.17) is 4.74 Å². The fourth-order valence-electron chi connectivity index (χ4n) is 2.37. The number of nitrogens with one attached hydrogen (secondary N) is 2. The van der Waals surface area contributed by atoms with Crippen molar-refractivity contribution < 1.29 is 29.6 Å². The fraction of sp³-hybridized carbons (Fsp3) is 0.500. The number of rotatable bonds is 7. The van der Waals surface area contributed by atoms with Gasteiger partial charge in [-0.3, -0.25) is 0 Å². The predicted molar refractivity (Wildman–Crippen MR) is 79.4 cm³/mol. The largest absolute Gasteiger partial charge is 1.00 e. The van der Waals surface area contributed by atoms with Gasteiger partial charge in [-0.05, 0) is 56.1 Å². The minimum Gasteiger partial charge on any atom is -1.00 e. The maximum Gasteiger partial charge on any atom is 0.119 e. The molecule has 0 saturated carbocycles. The Hall–Kier alpha value is -0.740. The van der Waals surface area contributed by atoms with E-state index < -0.39 is 0 Å². The van der Waals surface area contributed by atoms with Gasteiger partial charge >= 0.3 is 0 Å². The van der Waals surface area contributed by atoms with Gasteiger partial charge in [0.2, 0.25) is 0 Å². The summed E-state index contributed by atoms with van der Waals surface area (Å²) in [5.74, 6) is 1.73. The minimum atomic E-state index is 0. The van der Waals surface area contributed by atoms with Gasteiger partial charge in [0.25, 0.3) is 0 Å². The molecule has 1 aliphatic heterocycles. The molecule has 0 aliphatic carbocycles. The third kappa shape index (κ3) is 7.72. The first kappa shape index (κ1) is 20.3. The molecule has 0 spiro atoms. The highest BCUT2D eigenvalue weighted by atomic mass is 35.5. The predicted octanol–water partition coefficient (Wildman–Crippen LogP) is -3.65. The van der Waals surface area contributed by atoms with E-state index in [9.17, 15) is 0 Å². The molecule has 3 nitrogen and oxygen atoms in total. The van der Waals surface area contributed by atoms with E-state index in [-0.39, 0.29) is 24.8 Å². The summed E-state index contributed by atoms with van der Waals surface area (Å²) in [6.07, 6.45) is 4.34. The molecular weight excluding hydrogens is 307 g/mol. The number of ether oxygens (including phenoxy) is 1. The lowest BCUT2D eigenvalue weighted by molar-refractivity contribution is -0.00100. The van der Waals surface area contributed by atoms with Crippen LogP contribution in [-0.2, 0) is 6.54 Å². The van der Waals surface area contributed by atoms with Crippen molar-refractivity contribution >= 4 is 0 Å². The van der Waals surface area contributed by atoms with E-state index in [2.05, 4.69) is 29.3 Å². The van der Waals surface area contributed by atoms with Crippen molar-refractivity contribution in [1.82, 2.24) is 10.6 Å². The zero-order valence-electron chi connectivity index (χ0n) is 12.3. The van der Waals surface area contributed by atoms with Crippen LogP contribution in [0.5, 0.6) is 5.75 Å². The van der Waals surface area contributed by atoms with Crippen molar-refractivity contribution in [3.63, 3.8) is 0 Å². The first-order valence-electron chi connectivity index (χ1n) is 7.12. The van der Waals surface area contributed by atoms with Crippen molar-refractivity contribution in [1.29, 1.82) is 0 Å². The zero-order valence-corrected chi connectivity index (χ0v) is 13.8. The van der Waals surface area contributed by atoms with E-state index in [1.54, 1.807) is 6.08 Å². The summed E-state index contributed by atoms with van der Waals surface area (Å²) < 4.78 is 5.46. The Bertz CT molecular complexity index is 378. The lowest BCUT2D eigenvalue weighted by Crippen LogP contribution is -3.00. The van der Waals surface area contributed by atoms with E-state index in [1.165, 1.54) is 31.5 Å². The van der Waals surface area contributed by atoms with Crippen LogP contribution >= 0.6 is 0 Å². The standard InChI is InChI=1S/C16H24N2O.2ClH/c1-2-11-19-16-5-3-14(4-6-16)12-18-13-15-7-9-17-10-8-15;;/h2-6,15,17-18H,1,7-13H2;2*1H/p-2. The SMILES string of the molecule is C=CCOc1ccc(CNCC2CCNCC2)cc1.[Cl-].[Cl-]. The summed E-state index contributed by atoms with van der Waals surface area (Å²) in [5, 5.41) is 6.95. The Balaban J connectivity index is 0.00000200. The van der Waals surface area contributed by atoms with Gasteiger partial charge in [-0.25, -0.2) is 0 Å². The molecule has 21 heavy (non-hydrogen) atoms. The quantitative estimate of drug-likeness (QED) is 0.506. The van der Waals surface area contributed by atoms with Gasteiger partial charge < -0.3 is 40.2 Å². The molecule has 2 rings (SSSR count). The van der Waals surface area contributed by atoms with Crippen LogP contribution in [0.1, 0.15) is 18.4 Å². The third-order valence-corrected chi connectivity index (χ3v) is 3.51. The van der Waals surface area contributed by atoms with Gasteiger partial charge in [0, 0.05) is 6.54 Å². The van der Waals surface area contributed by atoms with E-state index >= 15 is 0 Å². The minimum absolute atomic E-state index is 0. The molecule has 0 unspecified atom stereocenters. The van der Waals surface area contributed by atoms with Crippen molar-refractivity contribution in [3.05, 3.63) is 42.5 Å². The smallest absolute Gasteiger partial charge is 0.119 e. The summed E-state index contributed by atoms with van der Waals surface area (Å²) in [7, 11) is 0. The Morgan fingerprint density at radius 3 is 2.48 bits per heavy atom. The van der Waals surface area contributed by atoms with Gasteiger partial charge in [0.1, 0.15) is 12.4 Å². The molecule has 1 aromatic rings. The fourth-order valence-corrected chi connectivity index (χ4v) is 2.37. The van der Waals surface area contributed by atoms with Crippen molar-refractivity contribution in [2.45, 2.75) is 19.4 Å². The van der Waals surface area contributed by atoms with Crippen LogP contribution in [0.2, 0.25) is 0 Å². The van der Waals surface area contributed by atoms with Gasteiger partial charge in [-0.2, -0.15) is 0 Å². The average Bonchev–Trinajstić information content (AvgIpc) is 2.47. The number of hydrogen-bond acceptors (Lipinski definition) is 3. The summed E-state index contributed by atoms with van der Waals surface area (Å²) in [4.78, 5) is 0. The molecule has 2 N–H and O–H groups in total. The first-order valence-corrected chi connectivity index (χ1v) is 7.12. The molecular formula is C16H24Cl2N2O-2. The lowest BCUT2D eigenvalue weighted by Gasteiger charge is -2.22. The Morgan fingerprint density at radius 1 is 1.19 bits per heavy atom. The van der Waals surface area contributed by atoms with E-state index in [0.717, 1.165) is 24.8 Å². The molecule has 1 heterocycles. The van der Waals surface area contributed by atoms with Crippen LogP contribution < -0.4 is 40.2 Å². The topological polar surface area (TPSA) is 33.3 Å². The molecule has 1 saturated heterocycles. The Kier molecular flexibility index (Phi) is 11.5. The Morgan fingerprint density at radius 2 is 1.86 bits per heavy atom. The maximum atomic E-state index is 5.46. The van der Waals surface area contributed by atoms with Gasteiger partial charge in [0.05, 0.1) is 0 Å². The monoisotopic (exact) mass is 330 g/mol. The van der Waals surface area contributed by atoms with Gasteiger partial charge in [-0.1, -0.05) is 24.8 Å². The summed E-state index contributed by atoms with van der Waals surface area (Å²) in [6.45, 7) is 8.60. The average molecular weight is 331 g/mol. The molecule has 120 valence electrons. The molecule has 0 atom stereocenters. The summed E-state index contributed by atoms with van der Waals surface area (Å²) >= 11 is 0. The molecule has 0 aromatic heterocycles. The molecule has 0 bridgehead atoms. The second-order valence-electron chi connectivity index (χ2n) is 5.07. The molecule has 1 aromatic carbocycles. The van der Waals surface area contributed by atoms with Gasteiger partial charge in [-0.15, -0.1) is 0 Å². The number of hydrogen-bond donors (Lipinski definition) is 2. The first-order chi connectivity index (χ1) is 9.38. The number of halogens is 2. The van der Waals surface area contributed by atoms with Crippen molar-refractivity contribution in [2.24, 2.45) is 5.92 Å². The van der Waals surface area contributed by atoms with Crippen LogP contribution in [0, 0.1) is 5.92 Å². The molecule has 5 heteroatoms. The molecule has 1 fully saturated rings. The highest BCUT2D eigenvalue weighted by Crippen LogP contribution is 2.13. The number of benzene rings is 1. The van der Waals surface area contributed by atoms with Crippen LogP contribution in [0.3, 0.4) is 0 Å². The van der Waals surface area contributed by atoms with Crippen molar-refractivity contribution in [3.8, 4) is 5.75 Å². The summed E-state index contributed by atoms with van der Waals surface area (Å²) in [5.41, 5.74) is 1.31. The normalized spacial score (nSPS) is 14.7. The highest BCUT2D eigenvalue weighted by molar-refractivity contribution is 5.27. The van der Waals surface area contributed by atoms with Crippen LogP contribution in [0.15, 0.2) is 36.9 Å². The number of piperidine rings is 1. The van der Waals surface area contributed by atoms with Crippen molar-refractivity contribution in [2.75, 3.05) is 26.2 Å².